The number of benzene rings is 1. The minimum atomic E-state index is -4.71. The molecule has 122 valence electrons. The van der Waals surface area contributed by atoms with E-state index in [4.69, 9.17) is 4.74 Å². The van der Waals surface area contributed by atoms with E-state index >= 15 is 0 Å². The minimum Gasteiger partial charge on any atom is -0.378 e. The molecule has 0 amide bonds. The lowest BCUT2D eigenvalue weighted by Gasteiger charge is -2.47. The van der Waals surface area contributed by atoms with Gasteiger partial charge in [0, 0.05) is 24.6 Å². The largest absolute Gasteiger partial charge is 0.378 e. The highest BCUT2D eigenvalue weighted by molar-refractivity contribution is 7.89. The number of halogens is 4. The third-order valence-corrected chi connectivity index (χ3v) is 5.65. The molecule has 0 unspecified atom stereocenters. The maximum absolute atomic E-state index is 13.6. The van der Waals surface area contributed by atoms with Crippen molar-refractivity contribution in [3.8, 4) is 0 Å². The van der Waals surface area contributed by atoms with E-state index in [2.05, 4.69) is 4.72 Å². The van der Waals surface area contributed by atoms with E-state index in [0.717, 1.165) is 12.8 Å². The first kappa shape index (κ1) is 15.7. The molecule has 1 saturated heterocycles. The molecular formula is C13H13F4NO3S. The summed E-state index contributed by atoms with van der Waals surface area (Å²) < 4.78 is 85.3. The summed E-state index contributed by atoms with van der Waals surface area (Å²) in [5.41, 5.74) is 0. The summed E-state index contributed by atoms with van der Waals surface area (Å²) in [5, 5.41) is 0. The highest BCUT2D eigenvalue weighted by Crippen LogP contribution is 2.38. The molecule has 3 atom stereocenters. The van der Waals surface area contributed by atoms with Gasteiger partial charge in [0.1, 0.15) is 0 Å². The average molecular weight is 339 g/mol. The van der Waals surface area contributed by atoms with Crippen molar-refractivity contribution in [1.29, 1.82) is 0 Å². The van der Waals surface area contributed by atoms with Crippen LogP contribution in [-0.2, 0) is 14.8 Å². The van der Waals surface area contributed by atoms with E-state index in [9.17, 15) is 26.0 Å². The number of sulfonamides is 1. The summed E-state index contributed by atoms with van der Waals surface area (Å²) in [7, 11) is -4.71. The molecule has 9 heteroatoms. The van der Waals surface area contributed by atoms with Crippen LogP contribution in [0.3, 0.4) is 0 Å². The molecule has 2 aliphatic rings. The molecule has 0 spiro atoms. The van der Waals surface area contributed by atoms with E-state index in [0.29, 0.717) is 13.0 Å². The van der Waals surface area contributed by atoms with Gasteiger partial charge in [-0.05, 0) is 19.3 Å². The van der Waals surface area contributed by atoms with E-state index in [1.807, 2.05) is 0 Å². The van der Waals surface area contributed by atoms with Crippen LogP contribution in [0.15, 0.2) is 11.0 Å². The predicted octanol–water partition coefficient (Wildman–Crippen LogP) is 2.09. The fourth-order valence-corrected chi connectivity index (χ4v) is 4.43. The lowest BCUT2D eigenvalue weighted by atomic mass is 9.73. The SMILES string of the molecule is O=S(=O)(N[C@@H]1C[C@H]2OCCC[C@@H]12)c1c(F)c(F)cc(F)c1F. The third-order valence-electron chi connectivity index (χ3n) is 4.14. The summed E-state index contributed by atoms with van der Waals surface area (Å²) in [6.45, 7) is 0.596. The molecule has 1 saturated carbocycles. The normalized spacial score (nSPS) is 28.1. The Bertz CT molecular complexity index is 683. The van der Waals surface area contributed by atoms with Crippen LogP contribution in [0.25, 0.3) is 0 Å². The molecular weight excluding hydrogens is 326 g/mol. The molecule has 1 heterocycles. The minimum absolute atomic E-state index is 0.0297. The lowest BCUT2D eigenvalue weighted by Crippen LogP contribution is -2.57. The number of ether oxygens (including phenoxy) is 1. The summed E-state index contributed by atoms with van der Waals surface area (Å²) in [5.74, 6) is -7.46. The molecule has 4 nitrogen and oxygen atoms in total. The van der Waals surface area contributed by atoms with Gasteiger partial charge < -0.3 is 4.74 Å². The number of rotatable bonds is 3. The summed E-state index contributed by atoms with van der Waals surface area (Å²) in [4.78, 5) is -1.62. The Labute approximate surface area is 124 Å². The lowest BCUT2D eigenvalue weighted by molar-refractivity contribution is -0.0980. The van der Waals surface area contributed by atoms with Crippen LogP contribution in [0.2, 0.25) is 0 Å². The summed E-state index contributed by atoms with van der Waals surface area (Å²) >= 11 is 0. The fraction of sp³-hybridized carbons (Fsp3) is 0.538. The summed E-state index contributed by atoms with van der Waals surface area (Å²) in [6.07, 6.45) is 1.77. The number of hydrogen-bond acceptors (Lipinski definition) is 3. The second-order valence-corrected chi connectivity index (χ2v) is 7.13. The van der Waals surface area contributed by atoms with Crippen molar-refractivity contribution in [2.24, 2.45) is 5.92 Å². The van der Waals surface area contributed by atoms with Crippen molar-refractivity contribution >= 4 is 10.0 Å². The Morgan fingerprint density at radius 2 is 1.77 bits per heavy atom. The Morgan fingerprint density at radius 1 is 1.14 bits per heavy atom. The zero-order chi connectivity index (χ0) is 16.1. The van der Waals surface area contributed by atoms with Crippen molar-refractivity contribution in [3.05, 3.63) is 29.3 Å². The Hall–Kier alpha value is -1.19. The molecule has 1 aromatic rings. The molecule has 2 fully saturated rings. The average Bonchev–Trinajstić information content (AvgIpc) is 2.43. The molecule has 1 aliphatic heterocycles. The monoisotopic (exact) mass is 339 g/mol. The van der Waals surface area contributed by atoms with Crippen molar-refractivity contribution in [2.75, 3.05) is 6.61 Å². The van der Waals surface area contributed by atoms with E-state index < -0.39 is 44.2 Å². The van der Waals surface area contributed by atoms with Gasteiger partial charge in [0.2, 0.25) is 10.0 Å². The first-order chi connectivity index (χ1) is 10.3. The van der Waals surface area contributed by atoms with Crippen LogP contribution in [0.5, 0.6) is 0 Å². The third kappa shape index (κ3) is 2.50. The highest BCUT2D eigenvalue weighted by atomic mass is 32.2. The highest BCUT2D eigenvalue weighted by Gasteiger charge is 2.46. The van der Waals surface area contributed by atoms with Crippen molar-refractivity contribution < 1.29 is 30.7 Å². The summed E-state index contributed by atoms with van der Waals surface area (Å²) in [6, 6.07) is -0.585. The van der Waals surface area contributed by atoms with Crippen LogP contribution >= 0.6 is 0 Å². The van der Waals surface area contributed by atoms with Crippen molar-refractivity contribution in [3.63, 3.8) is 0 Å². The van der Waals surface area contributed by atoms with Gasteiger partial charge in [-0.15, -0.1) is 0 Å². The van der Waals surface area contributed by atoms with Crippen LogP contribution < -0.4 is 4.72 Å². The predicted molar refractivity (Wildman–Crippen MR) is 67.5 cm³/mol. The Kier molecular flexibility index (Phi) is 3.90. The van der Waals surface area contributed by atoms with Gasteiger partial charge in [-0.2, -0.15) is 0 Å². The fourth-order valence-electron chi connectivity index (χ4n) is 2.98. The van der Waals surface area contributed by atoms with Gasteiger partial charge in [-0.1, -0.05) is 0 Å². The van der Waals surface area contributed by atoms with Crippen LogP contribution in [-0.4, -0.2) is 27.2 Å². The van der Waals surface area contributed by atoms with Gasteiger partial charge in [0.15, 0.2) is 28.2 Å². The van der Waals surface area contributed by atoms with E-state index in [1.165, 1.54) is 0 Å². The maximum atomic E-state index is 13.6. The molecule has 22 heavy (non-hydrogen) atoms. The van der Waals surface area contributed by atoms with Gasteiger partial charge >= 0.3 is 0 Å². The molecule has 1 aliphatic carbocycles. The molecule has 1 aromatic carbocycles. The van der Waals surface area contributed by atoms with Crippen molar-refractivity contribution in [1.82, 2.24) is 4.72 Å². The van der Waals surface area contributed by atoms with Gasteiger partial charge in [0.05, 0.1) is 6.10 Å². The quantitative estimate of drug-likeness (QED) is 0.678. The molecule has 0 aromatic heterocycles. The smallest absolute Gasteiger partial charge is 0.246 e. The van der Waals surface area contributed by atoms with Gasteiger partial charge in [-0.25, -0.2) is 30.7 Å². The zero-order valence-electron chi connectivity index (χ0n) is 11.3. The molecule has 1 N–H and O–H groups in total. The standard InChI is InChI=1S/C13H13F4NO3S/c14-7-4-8(15)12(17)13(11(7)16)22(19,20)18-9-5-10-6(9)2-1-3-21-10/h4,6,9-10,18H,1-3,5H2/t6-,9+,10+/m0/s1. The van der Waals surface area contributed by atoms with Gasteiger partial charge in [0.25, 0.3) is 0 Å². The molecule has 0 radical (unpaired) electrons. The maximum Gasteiger partial charge on any atom is 0.246 e. The first-order valence-electron chi connectivity index (χ1n) is 6.78. The van der Waals surface area contributed by atoms with Crippen LogP contribution in [0.4, 0.5) is 17.6 Å². The van der Waals surface area contributed by atoms with Crippen molar-refractivity contribution in [2.45, 2.75) is 36.3 Å². The zero-order valence-corrected chi connectivity index (χ0v) is 12.1. The Morgan fingerprint density at radius 3 is 2.36 bits per heavy atom. The van der Waals surface area contributed by atoms with Gasteiger partial charge in [-0.3, -0.25) is 0 Å². The number of fused-ring (bicyclic) bond motifs is 1. The second-order valence-electron chi connectivity index (χ2n) is 5.48. The topological polar surface area (TPSA) is 55.4 Å². The van der Waals surface area contributed by atoms with E-state index in [-0.39, 0.29) is 18.1 Å². The molecule has 0 bridgehead atoms. The van der Waals surface area contributed by atoms with E-state index in [1.54, 1.807) is 0 Å². The first-order valence-corrected chi connectivity index (χ1v) is 8.26. The number of nitrogens with one attached hydrogen (secondary N) is 1. The van der Waals surface area contributed by atoms with Crippen LogP contribution in [0, 0.1) is 29.2 Å². The molecule has 3 rings (SSSR count). The Balaban J connectivity index is 1.88. The second kappa shape index (κ2) is 5.47. The number of hydrogen-bond donors (Lipinski definition) is 1. The van der Waals surface area contributed by atoms with Crippen LogP contribution in [0.1, 0.15) is 19.3 Å².